The van der Waals surface area contributed by atoms with Crippen LogP contribution in [0.2, 0.25) is 5.02 Å². The van der Waals surface area contributed by atoms with Gasteiger partial charge in [-0.15, -0.1) is 0 Å². The van der Waals surface area contributed by atoms with Crippen molar-refractivity contribution in [3.8, 4) is 0 Å². The Morgan fingerprint density at radius 3 is 2.44 bits per heavy atom. The van der Waals surface area contributed by atoms with Gasteiger partial charge in [-0.3, -0.25) is 9.59 Å². The first-order valence-electron chi connectivity index (χ1n) is 8.28. The molecule has 0 aromatic heterocycles. The fourth-order valence-corrected chi connectivity index (χ4v) is 4.84. The van der Waals surface area contributed by atoms with E-state index in [2.05, 4.69) is 5.32 Å². The fourth-order valence-electron chi connectivity index (χ4n) is 3.05. The Bertz CT molecular complexity index is 976. The van der Waals surface area contributed by atoms with Gasteiger partial charge < -0.3 is 11.1 Å². The third kappa shape index (κ3) is 3.97. The van der Waals surface area contributed by atoms with Gasteiger partial charge in [0.15, 0.2) is 0 Å². The molecule has 1 heterocycles. The van der Waals surface area contributed by atoms with E-state index in [0.717, 1.165) is 0 Å². The first-order valence-corrected chi connectivity index (χ1v) is 10.1. The zero-order valence-corrected chi connectivity index (χ0v) is 15.8. The number of carbonyl (C=O) groups excluding carboxylic acids is 2. The van der Waals surface area contributed by atoms with Gasteiger partial charge in [-0.05, 0) is 49.2 Å². The number of nitrogens with one attached hydrogen (secondary N) is 1. The van der Waals surface area contributed by atoms with Crippen LogP contribution in [0.25, 0.3) is 0 Å². The molecule has 0 aliphatic carbocycles. The first-order chi connectivity index (χ1) is 12.8. The van der Waals surface area contributed by atoms with Gasteiger partial charge in [0, 0.05) is 11.6 Å². The maximum atomic E-state index is 12.9. The molecule has 7 nitrogen and oxygen atoms in total. The van der Waals surface area contributed by atoms with Crippen LogP contribution >= 0.6 is 11.6 Å². The molecule has 2 amide bonds. The number of hydrogen-bond acceptors (Lipinski definition) is 4. The van der Waals surface area contributed by atoms with Crippen molar-refractivity contribution in [2.24, 2.45) is 5.73 Å². The van der Waals surface area contributed by atoms with Gasteiger partial charge in [0.1, 0.15) is 6.04 Å². The Balaban J connectivity index is 1.85. The molecule has 0 spiro atoms. The summed E-state index contributed by atoms with van der Waals surface area (Å²) in [6.45, 7) is 0.237. The minimum absolute atomic E-state index is 0.0733. The summed E-state index contributed by atoms with van der Waals surface area (Å²) >= 11 is 5.82. The zero-order chi connectivity index (χ0) is 19.6. The highest BCUT2D eigenvalue weighted by Gasteiger charge is 2.39. The smallest absolute Gasteiger partial charge is 0.250 e. The van der Waals surface area contributed by atoms with Crippen molar-refractivity contribution in [3.63, 3.8) is 0 Å². The number of nitrogens with two attached hydrogens (primary N) is 1. The normalized spacial score (nSPS) is 17.6. The molecule has 1 atom stereocenters. The second-order valence-corrected chi connectivity index (χ2v) is 8.45. The molecule has 9 heteroatoms. The first kappa shape index (κ1) is 19.3. The molecule has 1 aliphatic rings. The summed E-state index contributed by atoms with van der Waals surface area (Å²) in [6, 6.07) is 11.2. The Morgan fingerprint density at radius 1 is 1.11 bits per heavy atom. The van der Waals surface area contributed by atoms with Crippen LogP contribution in [0.3, 0.4) is 0 Å². The molecular weight excluding hydrogens is 390 g/mol. The molecule has 3 rings (SSSR count). The van der Waals surface area contributed by atoms with Crippen molar-refractivity contribution in [2.45, 2.75) is 23.8 Å². The van der Waals surface area contributed by atoms with Crippen molar-refractivity contribution in [1.82, 2.24) is 4.31 Å². The van der Waals surface area contributed by atoms with Crippen LogP contribution in [0, 0.1) is 0 Å². The summed E-state index contributed by atoms with van der Waals surface area (Å²) in [4.78, 5) is 24.3. The Kier molecular flexibility index (Phi) is 5.50. The van der Waals surface area contributed by atoms with E-state index in [1.165, 1.54) is 34.6 Å². The molecular formula is C18H18ClN3O4S. The third-order valence-electron chi connectivity index (χ3n) is 4.38. The van der Waals surface area contributed by atoms with Gasteiger partial charge in [0.05, 0.1) is 16.1 Å². The van der Waals surface area contributed by atoms with Crippen LogP contribution in [0.5, 0.6) is 0 Å². The lowest BCUT2D eigenvalue weighted by molar-refractivity contribution is -0.119. The molecule has 2 aromatic carbocycles. The minimum Gasteiger partial charge on any atom is -0.366 e. The van der Waals surface area contributed by atoms with Gasteiger partial charge in [0.2, 0.25) is 15.9 Å². The molecule has 0 bridgehead atoms. The largest absolute Gasteiger partial charge is 0.366 e. The van der Waals surface area contributed by atoms with E-state index in [4.69, 9.17) is 17.3 Å². The van der Waals surface area contributed by atoms with E-state index in [0.29, 0.717) is 17.9 Å². The Morgan fingerprint density at radius 2 is 1.78 bits per heavy atom. The third-order valence-corrected chi connectivity index (χ3v) is 6.55. The van der Waals surface area contributed by atoms with E-state index in [-0.39, 0.29) is 22.7 Å². The average molecular weight is 408 g/mol. The predicted molar refractivity (Wildman–Crippen MR) is 102 cm³/mol. The second kappa shape index (κ2) is 7.67. The summed E-state index contributed by atoms with van der Waals surface area (Å²) in [5.41, 5.74) is 5.74. The molecule has 27 heavy (non-hydrogen) atoms. The number of primary amides is 1. The Hall–Kier alpha value is -2.42. The van der Waals surface area contributed by atoms with E-state index >= 15 is 0 Å². The summed E-state index contributed by atoms with van der Waals surface area (Å²) < 4.78 is 27.0. The molecule has 0 radical (unpaired) electrons. The van der Waals surface area contributed by atoms with Crippen molar-refractivity contribution in [3.05, 3.63) is 59.1 Å². The molecule has 1 saturated heterocycles. The van der Waals surface area contributed by atoms with Gasteiger partial charge in [0.25, 0.3) is 5.91 Å². The van der Waals surface area contributed by atoms with Crippen molar-refractivity contribution < 1.29 is 18.0 Å². The van der Waals surface area contributed by atoms with Gasteiger partial charge in [-0.1, -0.05) is 23.7 Å². The zero-order valence-electron chi connectivity index (χ0n) is 14.3. The number of benzene rings is 2. The molecule has 3 N–H and O–H groups in total. The van der Waals surface area contributed by atoms with Gasteiger partial charge in [-0.2, -0.15) is 4.31 Å². The highest BCUT2D eigenvalue weighted by molar-refractivity contribution is 7.89. The second-order valence-electron chi connectivity index (χ2n) is 6.13. The summed E-state index contributed by atoms with van der Waals surface area (Å²) in [7, 11) is -3.85. The SMILES string of the molecule is NC(=O)c1ccccc1NC(=O)[C@H]1CCCN1S(=O)(=O)c1ccc(Cl)cc1. The number of anilines is 1. The number of para-hydroxylation sites is 1. The molecule has 1 aliphatic heterocycles. The number of hydrogen-bond donors (Lipinski definition) is 2. The quantitative estimate of drug-likeness (QED) is 0.791. The predicted octanol–water partition coefficient (Wildman–Crippen LogP) is 2.23. The van der Waals surface area contributed by atoms with E-state index < -0.39 is 27.9 Å². The monoisotopic (exact) mass is 407 g/mol. The standard InChI is InChI=1S/C18H18ClN3O4S/c19-12-7-9-13(10-8-12)27(25,26)22-11-3-6-16(22)18(24)21-15-5-2-1-4-14(15)17(20)23/h1-2,4-5,7-10,16H,3,6,11H2,(H2,20,23)(H,21,24)/t16-/m1/s1. The van der Waals surface area contributed by atoms with E-state index in [1.54, 1.807) is 18.2 Å². The summed E-state index contributed by atoms with van der Waals surface area (Å²) in [6.07, 6.45) is 0.944. The highest BCUT2D eigenvalue weighted by atomic mass is 35.5. The van der Waals surface area contributed by atoms with Gasteiger partial charge >= 0.3 is 0 Å². The Labute approximate surface area is 162 Å². The summed E-state index contributed by atoms with van der Waals surface area (Å²) in [5, 5.41) is 3.05. The van der Waals surface area contributed by atoms with Crippen LogP contribution in [-0.4, -0.2) is 37.1 Å². The molecule has 142 valence electrons. The van der Waals surface area contributed by atoms with Crippen LogP contribution in [0.15, 0.2) is 53.4 Å². The summed E-state index contributed by atoms with van der Waals surface area (Å²) in [5.74, 6) is -1.18. The van der Waals surface area contributed by atoms with E-state index in [1.807, 2.05) is 0 Å². The number of halogens is 1. The number of sulfonamides is 1. The number of amides is 2. The lowest BCUT2D eigenvalue weighted by Crippen LogP contribution is -2.43. The van der Waals surface area contributed by atoms with Crippen molar-refractivity contribution in [2.75, 3.05) is 11.9 Å². The molecule has 1 fully saturated rings. The van der Waals surface area contributed by atoms with Gasteiger partial charge in [-0.25, -0.2) is 8.42 Å². The number of rotatable bonds is 5. The van der Waals surface area contributed by atoms with Crippen LogP contribution in [0.1, 0.15) is 23.2 Å². The molecule has 0 unspecified atom stereocenters. The van der Waals surface area contributed by atoms with Crippen molar-refractivity contribution in [1.29, 1.82) is 0 Å². The highest BCUT2D eigenvalue weighted by Crippen LogP contribution is 2.28. The van der Waals surface area contributed by atoms with Crippen LogP contribution in [-0.2, 0) is 14.8 Å². The lowest BCUT2D eigenvalue weighted by atomic mass is 10.1. The lowest BCUT2D eigenvalue weighted by Gasteiger charge is -2.23. The average Bonchev–Trinajstić information content (AvgIpc) is 3.13. The van der Waals surface area contributed by atoms with Crippen LogP contribution < -0.4 is 11.1 Å². The maximum Gasteiger partial charge on any atom is 0.250 e. The number of carbonyl (C=O) groups is 2. The van der Waals surface area contributed by atoms with Crippen LogP contribution in [0.4, 0.5) is 5.69 Å². The number of nitrogens with zero attached hydrogens (tertiary/aromatic N) is 1. The minimum atomic E-state index is -3.85. The van der Waals surface area contributed by atoms with Crippen molar-refractivity contribution >= 4 is 39.1 Å². The fraction of sp³-hybridized carbons (Fsp3) is 0.222. The van der Waals surface area contributed by atoms with E-state index in [9.17, 15) is 18.0 Å². The maximum absolute atomic E-state index is 12.9. The molecule has 2 aromatic rings. The topological polar surface area (TPSA) is 110 Å². The molecule has 0 saturated carbocycles.